The van der Waals surface area contributed by atoms with Gasteiger partial charge in [0.05, 0.1) is 12.6 Å². The van der Waals surface area contributed by atoms with Gasteiger partial charge in [0.2, 0.25) is 0 Å². The van der Waals surface area contributed by atoms with Gasteiger partial charge in [0.25, 0.3) is 0 Å². The maximum atomic E-state index is 12.2. The van der Waals surface area contributed by atoms with Gasteiger partial charge in [-0.15, -0.1) is 0 Å². The Morgan fingerprint density at radius 1 is 1.29 bits per heavy atom. The van der Waals surface area contributed by atoms with Gasteiger partial charge in [-0.1, -0.05) is 0 Å². The van der Waals surface area contributed by atoms with Crippen molar-refractivity contribution in [1.82, 2.24) is 9.55 Å². The predicted molar refractivity (Wildman–Crippen MR) is 77.4 cm³/mol. The molecule has 0 fully saturated rings. The summed E-state index contributed by atoms with van der Waals surface area (Å²) in [5.41, 5.74) is 0.777. The van der Waals surface area contributed by atoms with E-state index in [0.29, 0.717) is 11.2 Å². The SMILES string of the molecule is COC(=O)c1cc2c(ccn2C(=O)OC(C)(C)C)c(C)n1. The summed E-state index contributed by atoms with van der Waals surface area (Å²) in [5, 5.41) is 0.786. The zero-order valence-electron chi connectivity index (χ0n) is 12.8. The van der Waals surface area contributed by atoms with Gasteiger partial charge >= 0.3 is 12.1 Å². The molecule has 6 nitrogen and oxygen atoms in total. The standard InChI is InChI=1S/C15H18N2O4/c1-9-10-6-7-17(14(19)21-15(2,3)4)12(10)8-11(16-9)13(18)20-5/h6-8H,1-5H3. The molecule has 2 aromatic heterocycles. The number of pyridine rings is 1. The Bertz CT molecular complexity index is 710. The number of nitrogens with zero attached hydrogens (tertiary/aromatic N) is 2. The van der Waals surface area contributed by atoms with Crippen LogP contribution in [0.25, 0.3) is 10.9 Å². The topological polar surface area (TPSA) is 70.4 Å². The van der Waals surface area contributed by atoms with Gasteiger partial charge in [0, 0.05) is 17.3 Å². The van der Waals surface area contributed by atoms with Crippen molar-refractivity contribution in [1.29, 1.82) is 0 Å². The molecule has 0 saturated heterocycles. The molecule has 2 rings (SSSR count). The normalized spacial score (nSPS) is 11.5. The van der Waals surface area contributed by atoms with E-state index in [9.17, 15) is 9.59 Å². The Kier molecular flexibility index (Phi) is 3.72. The minimum absolute atomic E-state index is 0.158. The molecule has 2 heterocycles. The van der Waals surface area contributed by atoms with Crippen LogP contribution in [0.2, 0.25) is 0 Å². The van der Waals surface area contributed by atoms with Crippen molar-refractivity contribution in [3.05, 3.63) is 29.7 Å². The molecule has 2 aromatic rings. The van der Waals surface area contributed by atoms with E-state index in [1.165, 1.54) is 17.7 Å². The molecule has 0 aliphatic carbocycles. The highest BCUT2D eigenvalue weighted by molar-refractivity contribution is 5.96. The summed E-state index contributed by atoms with van der Waals surface area (Å²) in [5.74, 6) is -0.545. The molecule has 0 aliphatic heterocycles. The second-order valence-corrected chi connectivity index (χ2v) is 5.68. The van der Waals surface area contributed by atoms with E-state index in [2.05, 4.69) is 9.72 Å². The van der Waals surface area contributed by atoms with Crippen LogP contribution < -0.4 is 0 Å². The molecule has 21 heavy (non-hydrogen) atoms. The molecule has 0 spiro atoms. The van der Waals surface area contributed by atoms with Crippen molar-refractivity contribution < 1.29 is 19.1 Å². The van der Waals surface area contributed by atoms with Crippen molar-refractivity contribution in [3.8, 4) is 0 Å². The van der Waals surface area contributed by atoms with Crippen molar-refractivity contribution in [2.45, 2.75) is 33.3 Å². The molecule has 0 bridgehead atoms. The van der Waals surface area contributed by atoms with Crippen LogP contribution in [-0.2, 0) is 9.47 Å². The first kappa shape index (κ1) is 15.0. The second kappa shape index (κ2) is 5.20. The molecule has 6 heteroatoms. The van der Waals surface area contributed by atoms with Crippen molar-refractivity contribution in [2.24, 2.45) is 0 Å². The number of carbonyl (C=O) groups excluding carboxylic acids is 2. The highest BCUT2D eigenvalue weighted by Gasteiger charge is 2.20. The molecule has 0 atom stereocenters. The summed E-state index contributed by atoms with van der Waals surface area (Å²) in [6, 6.07) is 3.29. The third-order valence-corrected chi connectivity index (χ3v) is 2.86. The third-order valence-electron chi connectivity index (χ3n) is 2.86. The van der Waals surface area contributed by atoms with Crippen LogP contribution in [0.5, 0.6) is 0 Å². The summed E-state index contributed by atoms with van der Waals surface area (Å²) < 4.78 is 11.4. The zero-order chi connectivity index (χ0) is 15.8. The average molecular weight is 290 g/mol. The van der Waals surface area contributed by atoms with E-state index < -0.39 is 17.7 Å². The molecular weight excluding hydrogens is 272 g/mol. The fourth-order valence-corrected chi connectivity index (χ4v) is 1.98. The molecule has 112 valence electrons. The fraction of sp³-hybridized carbons (Fsp3) is 0.400. The van der Waals surface area contributed by atoms with E-state index in [4.69, 9.17) is 4.74 Å². The molecule has 0 aliphatic rings. The van der Waals surface area contributed by atoms with Gasteiger partial charge in [-0.3, -0.25) is 4.57 Å². The quantitative estimate of drug-likeness (QED) is 0.755. The van der Waals surface area contributed by atoms with Gasteiger partial charge in [-0.05, 0) is 39.8 Å². The van der Waals surface area contributed by atoms with Gasteiger partial charge in [0.15, 0.2) is 5.69 Å². The lowest BCUT2D eigenvalue weighted by Gasteiger charge is -2.19. The number of fused-ring (bicyclic) bond motifs is 1. The minimum atomic E-state index is -0.596. The first-order valence-corrected chi connectivity index (χ1v) is 6.53. The summed E-state index contributed by atoms with van der Waals surface area (Å²) in [6.07, 6.45) is 1.10. The summed E-state index contributed by atoms with van der Waals surface area (Å²) in [4.78, 5) is 28.0. The van der Waals surface area contributed by atoms with E-state index in [1.54, 1.807) is 40.0 Å². The number of ether oxygens (including phenoxy) is 2. The maximum Gasteiger partial charge on any atom is 0.418 e. The number of esters is 1. The Morgan fingerprint density at radius 2 is 1.95 bits per heavy atom. The van der Waals surface area contributed by atoms with Crippen LogP contribution in [0.1, 0.15) is 37.0 Å². The van der Waals surface area contributed by atoms with Crippen LogP contribution in [0.15, 0.2) is 18.3 Å². The van der Waals surface area contributed by atoms with Crippen LogP contribution >= 0.6 is 0 Å². The molecule has 0 N–H and O–H groups in total. The Balaban J connectivity index is 2.53. The first-order valence-electron chi connectivity index (χ1n) is 6.53. The molecule has 0 unspecified atom stereocenters. The monoisotopic (exact) mass is 290 g/mol. The highest BCUT2D eigenvalue weighted by atomic mass is 16.6. The highest BCUT2D eigenvalue weighted by Crippen LogP contribution is 2.21. The van der Waals surface area contributed by atoms with Gasteiger partial charge < -0.3 is 9.47 Å². The predicted octanol–water partition coefficient (Wildman–Crippen LogP) is 2.91. The number of methoxy groups -OCH3 is 1. The van der Waals surface area contributed by atoms with Gasteiger partial charge in [-0.25, -0.2) is 14.6 Å². The number of hydrogen-bond acceptors (Lipinski definition) is 5. The van der Waals surface area contributed by atoms with Crippen LogP contribution in [0.3, 0.4) is 0 Å². The Hall–Kier alpha value is -2.37. The first-order chi connectivity index (χ1) is 9.73. The van der Waals surface area contributed by atoms with E-state index in [-0.39, 0.29) is 5.69 Å². The van der Waals surface area contributed by atoms with E-state index in [1.807, 2.05) is 0 Å². The fourth-order valence-electron chi connectivity index (χ4n) is 1.98. The number of hydrogen-bond donors (Lipinski definition) is 0. The third kappa shape index (κ3) is 3.04. The van der Waals surface area contributed by atoms with Gasteiger partial charge in [0.1, 0.15) is 5.60 Å². The van der Waals surface area contributed by atoms with Crippen LogP contribution in [0.4, 0.5) is 4.79 Å². The lowest BCUT2D eigenvalue weighted by molar-refractivity contribution is 0.0541. The Labute approximate surface area is 122 Å². The van der Waals surface area contributed by atoms with Crippen molar-refractivity contribution in [2.75, 3.05) is 7.11 Å². The van der Waals surface area contributed by atoms with Crippen LogP contribution in [0, 0.1) is 6.92 Å². The summed E-state index contributed by atoms with van der Waals surface area (Å²) in [7, 11) is 1.29. The smallest absolute Gasteiger partial charge is 0.418 e. The van der Waals surface area contributed by atoms with Crippen molar-refractivity contribution >= 4 is 23.0 Å². The van der Waals surface area contributed by atoms with E-state index in [0.717, 1.165) is 5.39 Å². The lowest BCUT2D eigenvalue weighted by atomic mass is 10.2. The zero-order valence-corrected chi connectivity index (χ0v) is 12.8. The number of carbonyl (C=O) groups is 2. The molecule has 0 amide bonds. The molecule has 0 saturated carbocycles. The molecular formula is C15H18N2O4. The summed E-state index contributed by atoms with van der Waals surface area (Å²) >= 11 is 0. The van der Waals surface area contributed by atoms with Gasteiger partial charge in [-0.2, -0.15) is 0 Å². The largest absolute Gasteiger partial charge is 0.464 e. The summed E-state index contributed by atoms with van der Waals surface area (Å²) in [6.45, 7) is 7.16. The maximum absolute atomic E-state index is 12.2. The van der Waals surface area contributed by atoms with E-state index >= 15 is 0 Å². The Morgan fingerprint density at radius 3 is 2.52 bits per heavy atom. The molecule has 0 radical (unpaired) electrons. The minimum Gasteiger partial charge on any atom is -0.464 e. The van der Waals surface area contributed by atoms with Crippen LogP contribution in [-0.4, -0.2) is 34.3 Å². The van der Waals surface area contributed by atoms with Crippen molar-refractivity contribution in [3.63, 3.8) is 0 Å². The number of rotatable bonds is 1. The average Bonchev–Trinajstić information content (AvgIpc) is 2.80. The lowest BCUT2D eigenvalue weighted by Crippen LogP contribution is -2.26. The second-order valence-electron chi connectivity index (χ2n) is 5.68. The number of aromatic nitrogens is 2. The molecule has 0 aromatic carbocycles. The number of aryl methyl sites for hydroxylation is 1.